The lowest BCUT2D eigenvalue weighted by Crippen LogP contribution is -2.49. The molecule has 2 aliphatic carbocycles. The predicted molar refractivity (Wildman–Crippen MR) is 56.9 cm³/mol. The monoisotopic (exact) mass is 206 g/mol. The van der Waals surface area contributed by atoms with Gasteiger partial charge in [-0.3, -0.25) is 4.79 Å². The summed E-state index contributed by atoms with van der Waals surface area (Å²) in [7, 11) is 1.85. The third-order valence-corrected chi connectivity index (χ3v) is 4.07. The highest BCUT2D eigenvalue weighted by molar-refractivity contribution is 5.86. The van der Waals surface area contributed by atoms with Gasteiger partial charge in [-0.15, -0.1) is 0 Å². The van der Waals surface area contributed by atoms with Crippen LogP contribution < -0.4 is 0 Å². The van der Waals surface area contributed by atoms with Gasteiger partial charge in [0.1, 0.15) is 5.41 Å². The summed E-state index contributed by atoms with van der Waals surface area (Å²) in [5.41, 5.74) is -0.669. The average Bonchev–Trinajstić information content (AvgIpc) is 2.97. The zero-order chi connectivity index (χ0) is 11.1. The van der Waals surface area contributed by atoms with E-state index >= 15 is 0 Å². The molecule has 3 heteroatoms. The highest BCUT2D eigenvalue weighted by Gasteiger charge is 2.48. The largest absolute Gasteiger partial charge is 0.341 e. The maximum atomic E-state index is 12.2. The van der Waals surface area contributed by atoms with E-state index in [0.29, 0.717) is 12.0 Å². The highest BCUT2D eigenvalue weighted by Crippen LogP contribution is 2.43. The molecular weight excluding hydrogens is 188 g/mol. The van der Waals surface area contributed by atoms with E-state index in [9.17, 15) is 4.79 Å². The number of rotatable bonds is 3. The van der Waals surface area contributed by atoms with Gasteiger partial charge in [0, 0.05) is 13.1 Å². The predicted octanol–water partition coefficient (Wildman–Crippen LogP) is 1.94. The minimum atomic E-state index is -0.669. The van der Waals surface area contributed by atoms with Gasteiger partial charge in [-0.2, -0.15) is 5.26 Å². The Kier molecular flexibility index (Phi) is 2.46. The van der Waals surface area contributed by atoms with E-state index in [1.54, 1.807) is 4.90 Å². The van der Waals surface area contributed by atoms with E-state index in [2.05, 4.69) is 13.0 Å². The lowest BCUT2D eigenvalue weighted by molar-refractivity contribution is -0.143. The standard InChI is InChI=1S/C12H18N2O/c1-9(10-4-5-10)14(2)11(15)12(8-13)6-3-7-12/h9-10H,3-7H2,1-2H3. The molecule has 1 unspecified atom stereocenters. The van der Waals surface area contributed by atoms with E-state index in [1.165, 1.54) is 12.8 Å². The molecule has 0 bridgehead atoms. The quantitative estimate of drug-likeness (QED) is 0.708. The number of hydrogen-bond donors (Lipinski definition) is 0. The first kappa shape index (κ1) is 10.5. The fraction of sp³-hybridized carbons (Fsp3) is 0.833. The molecule has 0 spiro atoms. The maximum Gasteiger partial charge on any atom is 0.243 e. The average molecular weight is 206 g/mol. The van der Waals surface area contributed by atoms with E-state index in [4.69, 9.17) is 5.26 Å². The van der Waals surface area contributed by atoms with Crippen LogP contribution in [0.5, 0.6) is 0 Å². The van der Waals surface area contributed by atoms with E-state index in [1.807, 2.05) is 7.05 Å². The lowest BCUT2D eigenvalue weighted by atomic mass is 9.69. The SMILES string of the molecule is CC(C1CC1)N(C)C(=O)C1(C#N)CCC1. The summed E-state index contributed by atoms with van der Waals surface area (Å²) in [5, 5.41) is 9.09. The summed E-state index contributed by atoms with van der Waals surface area (Å²) in [5.74, 6) is 0.727. The smallest absolute Gasteiger partial charge is 0.243 e. The molecular formula is C12H18N2O. The normalized spacial score (nSPS) is 24.9. The first-order chi connectivity index (χ1) is 7.10. The van der Waals surface area contributed by atoms with Crippen molar-refractivity contribution in [2.45, 2.75) is 45.1 Å². The fourth-order valence-electron chi connectivity index (χ4n) is 2.32. The second kappa shape index (κ2) is 3.52. The molecule has 1 atom stereocenters. The Hall–Kier alpha value is -1.04. The van der Waals surface area contributed by atoms with Crippen LogP contribution in [0.4, 0.5) is 0 Å². The number of carbonyl (C=O) groups excluding carboxylic acids is 1. The van der Waals surface area contributed by atoms with Crippen LogP contribution in [-0.2, 0) is 4.79 Å². The summed E-state index contributed by atoms with van der Waals surface area (Å²) in [4.78, 5) is 14.0. The second-order valence-electron chi connectivity index (χ2n) is 5.04. The molecule has 0 aromatic rings. The third kappa shape index (κ3) is 1.62. The van der Waals surface area contributed by atoms with Crippen molar-refractivity contribution in [3.05, 3.63) is 0 Å². The molecule has 3 nitrogen and oxygen atoms in total. The van der Waals surface area contributed by atoms with E-state index < -0.39 is 5.41 Å². The summed E-state index contributed by atoms with van der Waals surface area (Å²) < 4.78 is 0. The Morgan fingerprint density at radius 1 is 1.53 bits per heavy atom. The molecule has 0 aromatic heterocycles. The van der Waals surface area contributed by atoms with Crippen LogP contribution >= 0.6 is 0 Å². The van der Waals surface area contributed by atoms with E-state index in [0.717, 1.165) is 19.3 Å². The summed E-state index contributed by atoms with van der Waals surface area (Å²) in [6.45, 7) is 2.10. The zero-order valence-electron chi connectivity index (χ0n) is 9.49. The van der Waals surface area contributed by atoms with E-state index in [-0.39, 0.29) is 5.91 Å². The van der Waals surface area contributed by atoms with Gasteiger partial charge < -0.3 is 4.90 Å². The third-order valence-electron chi connectivity index (χ3n) is 4.07. The number of hydrogen-bond acceptors (Lipinski definition) is 2. The summed E-state index contributed by atoms with van der Waals surface area (Å²) >= 11 is 0. The molecule has 0 N–H and O–H groups in total. The highest BCUT2D eigenvalue weighted by atomic mass is 16.2. The van der Waals surface area contributed by atoms with Crippen LogP contribution in [0, 0.1) is 22.7 Å². The molecule has 0 aromatic carbocycles. The molecule has 0 radical (unpaired) electrons. The first-order valence-corrected chi connectivity index (χ1v) is 5.79. The maximum absolute atomic E-state index is 12.2. The molecule has 2 rings (SSSR count). The Labute approximate surface area is 91.1 Å². The Morgan fingerprint density at radius 3 is 2.47 bits per heavy atom. The Bertz CT molecular complexity index is 310. The molecule has 0 aliphatic heterocycles. The number of nitriles is 1. The molecule has 1 amide bonds. The molecule has 0 saturated heterocycles. The van der Waals surface area contributed by atoms with Crippen molar-refractivity contribution in [3.63, 3.8) is 0 Å². The summed E-state index contributed by atoms with van der Waals surface area (Å²) in [6, 6.07) is 2.53. The van der Waals surface area contributed by atoms with Gasteiger partial charge in [-0.05, 0) is 44.9 Å². The van der Waals surface area contributed by atoms with Crippen molar-refractivity contribution < 1.29 is 4.79 Å². The van der Waals surface area contributed by atoms with Crippen LogP contribution in [0.25, 0.3) is 0 Å². The van der Waals surface area contributed by atoms with Crippen molar-refractivity contribution in [1.82, 2.24) is 4.90 Å². The van der Waals surface area contributed by atoms with Gasteiger partial charge in [0.2, 0.25) is 5.91 Å². The van der Waals surface area contributed by atoms with Crippen LogP contribution in [0.1, 0.15) is 39.0 Å². The van der Waals surface area contributed by atoms with Crippen molar-refractivity contribution in [2.24, 2.45) is 11.3 Å². The van der Waals surface area contributed by atoms with Crippen molar-refractivity contribution >= 4 is 5.91 Å². The molecule has 15 heavy (non-hydrogen) atoms. The van der Waals surface area contributed by atoms with Gasteiger partial charge in [0.15, 0.2) is 0 Å². The van der Waals surface area contributed by atoms with Gasteiger partial charge in [-0.1, -0.05) is 0 Å². The van der Waals surface area contributed by atoms with Gasteiger partial charge in [0.05, 0.1) is 6.07 Å². The van der Waals surface area contributed by atoms with Crippen molar-refractivity contribution in [3.8, 4) is 6.07 Å². The van der Waals surface area contributed by atoms with Gasteiger partial charge >= 0.3 is 0 Å². The molecule has 2 fully saturated rings. The van der Waals surface area contributed by atoms with Gasteiger partial charge in [-0.25, -0.2) is 0 Å². The topological polar surface area (TPSA) is 44.1 Å². The van der Waals surface area contributed by atoms with Crippen LogP contribution in [0.15, 0.2) is 0 Å². The molecule has 82 valence electrons. The first-order valence-electron chi connectivity index (χ1n) is 5.79. The molecule has 2 aliphatic rings. The Balaban J connectivity index is 2.03. The summed E-state index contributed by atoms with van der Waals surface area (Å²) in [6.07, 6.45) is 5.00. The van der Waals surface area contributed by atoms with Crippen LogP contribution in [0.2, 0.25) is 0 Å². The van der Waals surface area contributed by atoms with Crippen molar-refractivity contribution in [1.29, 1.82) is 5.26 Å². The second-order valence-corrected chi connectivity index (χ2v) is 5.04. The minimum absolute atomic E-state index is 0.0515. The minimum Gasteiger partial charge on any atom is -0.341 e. The molecule has 2 saturated carbocycles. The van der Waals surface area contributed by atoms with Gasteiger partial charge in [0.25, 0.3) is 0 Å². The van der Waals surface area contributed by atoms with Crippen LogP contribution in [0.3, 0.4) is 0 Å². The van der Waals surface area contributed by atoms with Crippen molar-refractivity contribution in [2.75, 3.05) is 7.05 Å². The number of carbonyl (C=O) groups is 1. The zero-order valence-corrected chi connectivity index (χ0v) is 9.49. The lowest BCUT2D eigenvalue weighted by Gasteiger charge is -2.39. The fourth-order valence-corrected chi connectivity index (χ4v) is 2.32. The van der Waals surface area contributed by atoms with Crippen LogP contribution in [-0.4, -0.2) is 23.9 Å². The number of nitrogens with zero attached hydrogens (tertiary/aromatic N) is 2. The Morgan fingerprint density at radius 2 is 2.13 bits per heavy atom. The number of amides is 1. The molecule has 0 heterocycles.